The van der Waals surface area contributed by atoms with Crippen molar-refractivity contribution in [2.45, 2.75) is 0 Å². The van der Waals surface area contributed by atoms with Crippen LogP contribution < -0.4 is 10.2 Å². The summed E-state index contributed by atoms with van der Waals surface area (Å²) in [5, 5.41) is 1.64. The van der Waals surface area contributed by atoms with Gasteiger partial charge in [0.05, 0.1) is 34.9 Å². The van der Waals surface area contributed by atoms with Crippen molar-refractivity contribution in [2.24, 2.45) is 0 Å². The molecule has 6 heteroatoms. The van der Waals surface area contributed by atoms with Crippen LogP contribution in [0.15, 0.2) is 41.2 Å². The predicted octanol–water partition coefficient (Wildman–Crippen LogP) is 3.78. The first-order chi connectivity index (χ1) is 13.2. The SMILES string of the molecule is O=c1c2ccccc2sc2c(OCC#CCN3CCOCC3)ccc(Cl)c12. The first-order valence-electron chi connectivity index (χ1n) is 8.77. The van der Waals surface area contributed by atoms with Gasteiger partial charge in [-0.25, -0.2) is 0 Å². The fourth-order valence-corrected chi connectivity index (χ4v) is 4.51. The first-order valence-corrected chi connectivity index (χ1v) is 9.96. The highest BCUT2D eigenvalue weighted by Crippen LogP contribution is 2.35. The monoisotopic (exact) mass is 399 g/mol. The smallest absolute Gasteiger partial charge is 0.197 e. The largest absolute Gasteiger partial charge is 0.479 e. The lowest BCUT2D eigenvalue weighted by Gasteiger charge is -2.24. The van der Waals surface area contributed by atoms with E-state index in [1.807, 2.05) is 24.3 Å². The van der Waals surface area contributed by atoms with Crippen LogP contribution in [0.2, 0.25) is 5.02 Å². The van der Waals surface area contributed by atoms with Crippen molar-refractivity contribution in [3.05, 3.63) is 51.6 Å². The zero-order chi connectivity index (χ0) is 18.6. The third-order valence-corrected chi connectivity index (χ3v) is 5.97. The number of ether oxygens (including phenoxy) is 2. The molecule has 27 heavy (non-hydrogen) atoms. The maximum absolute atomic E-state index is 12.8. The summed E-state index contributed by atoms with van der Waals surface area (Å²) in [6.45, 7) is 4.35. The third-order valence-electron chi connectivity index (χ3n) is 4.47. The quantitative estimate of drug-likeness (QED) is 0.496. The van der Waals surface area contributed by atoms with Crippen molar-refractivity contribution in [2.75, 3.05) is 39.5 Å². The predicted molar refractivity (Wildman–Crippen MR) is 111 cm³/mol. The topological polar surface area (TPSA) is 38.8 Å². The van der Waals surface area contributed by atoms with E-state index < -0.39 is 0 Å². The summed E-state index contributed by atoms with van der Waals surface area (Å²) >= 11 is 7.82. The highest BCUT2D eigenvalue weighted by molar-refractivity contribution is 7.25. The minimum absolute atomic E-state index is 0.0619. The molecule has 4 nitrogen and oxygen atoms in total. The minimum atomic E-state index is -0.0619. The van der Waals surface area contributed by atoms with Crippen LogP contribution in [-0.4, -0.2) is 44.4 Å². The van der Waals surface area contributed by atoms with Crippen molar-refractivity contribution in [3.8, 4) is 17.6 Å². The van der Waals surface area contributed by atoms with E-state index in [4.69, 9.17) is 21.1 Å². The van der Waals surface area contributed by atoms with E-state index in [2.05, 4.69) is 16.7 Å². The van der Waals surface area contributed by atoms with Gasteiger partial charge in [-0.3, -0.25) is 9.69 Å². The number of hydrogen-bond acceptors (Lipinski definition) is 5. The summed E-state index contributed by atoms with van der Waals surface area (Å²) in [6.07, 6.45) is 0. The fourth-order valence-electron chi connectivity index (χ4n) is 3.05. The second kappa shape index (κ2) is 8.28. The van der Waals surface area contributed by atoms with Crippen LogP contribution in [0, 0.1) is 11.8 Å². The number of rotatable bonds is 3. The van der Waals surface area contributed by atoms with Crippen molar-refractivity contribution in [3.63, 3.8) is 0 Å². The summed E-state index contributed by atoms with van der Waals surface area (Å²) in [4.78, 5) is 15.1. The Morgan fingerprint density at radius 3 is 2.81 bits per heavy atom. The molecule has 0 N–H and O–H groups in total. The van der Waals surface area contributed by atoms with Crippen molar-refractivity contribution >= 4 is 43.1 Å². The normalized spacial score (nSPS) is 14.9. The molecule has 1 aliphatic heterocycles. The van der Waals surface area contributed by atoms with Gasteiger partial charge in [0.1, 0.15) is 12.4 Å². The molecule has 0 unspecified atom stereocenters. The van der Waals surface area contributed by atoms with Gasteiger partial charge >= 0.3 is 0 Å². The lowest BCUT2D eigenvalue weighted by molar-refractivity contribution is 0.0443. The highest BCUT2D eigenvalue weighted by atomic mass is 35.5. The molecule has 1 aromatic heterocycles. The Hall–Kier alpha value is -2.10. The molecule has 0 spiro atoms. The van der Waals surface area contributed by atoms with Gasteiger partial charge in [0.15, 0.2) is 5.43 Å². The number of halogens is 1. The van der Waals surface area contributed by atoms with Gasteiger partial charge in [-0.1, -0.05) is 35.6 Å². The first kappa shape index (κ1) is 18.3. The van der Waals surface area contributed by atoms with E-state index in [0.717, 1.165) is 35.7 Å². The Labute approximate surface area is 166 Å². The molecule has 0 aliphatic carbocycles. The van der Waals surface area contributed by atoms with E-state index in [0.29, 0.717) is 28.1 Å². The van der Waals surface area contributed by atoms with E-state index >= 15 is 0 Å². The lowest BCUT2D eigenvalue weighted by atomic mass is 10.2. The van der Waals surface area contributed by atoms with Gasteiger partial charge in [-0.2, -0.15) is 0 Å². The van der Waals surface area contributed by atoms with Crippen molar-refractivity contribution < 1.29 is 9.47 Å². The van der Waals surface area contributed by atoms with Crippen LogP contribution in [0.5, 0.6) is 5.75 Å². The molecule has 0 amide bonds. The van der Waals surface area contributed by atoms with E-state index in [9.17, 15) is 4.79 Å². The molecule has 1 fully saturated rings. The summed E-state index contributed by atoms with van der Waals surface area (Å²) in [7, 11) is 0. The molecule has 1 saturated heterocycles. The number of benzene rings is 2. The molecular formula is C21H18ClNO3S. The molecule has 1 aliphatic rings. The van der Waals surface area contributed by atoms with Gasteiger partial charge in [-0.05, 0) is 24.3 Å². The maximum atomic E-state index is 12.8. The second-order valence-electron chi connectivity index (χ2n) is 6.21. The van der Waals surface area contributed by atoms with Crippen molar-refractivity contribution in [1.82, 2.24) is 4.90 Å². The molecule has 0 radical (unpaired) electrons. The second-order valence-corrected chi connectivity index (χ2v) is 7.67. The minimum Gasteiger partial charge on any atom is -0.479 e. The zero-order valence-electron chi connectivity index (χ0n) is 14.7. The number of morpholine rings is 1. The average Bonchev–Trinajstić information content (AvgIpc) is 2.70. The average molecular weight is 400 g/mol. The van der Waals surface area contributed by atoms with Crippen LogP contribution >= 0.6 is 22.9 Å². The van der Waals surface area contributed by atoms with E-state index in [-0.39, 0.29) is 12.0 Å². The third kappa shape index (κ3) is 3.95. The molecule has 3 aromatic rings. The van der Waals surface area contributed by atoms with E-state index in [1.165, 1.54) is 11.3 Å². The van der Waals surface area contributed by atoms with Gasteiger partial charge < -0.3 is 9.47 Å². The number of hydrogen-bond donors (Lipinski definition) is 0. The van der Waals surface area contributed by atoms with E-state index in [1.54, 1.807) is 12.1 Å². The van der Waals surface area contributed by atoms with Crippen molar-refractivity contribution in [1.29, 1.82) is 0 Å². The molecule has 4 rings (SSSR count). The Morgan fingerprint density at radius 2 is 1.96 bits per heavy atom. The van der Waals surface area contributed by atoms with Gasteiger partial charge in [0.25, 0.3) is 0 Å². The Balaban J connectivity index is 1.57. The van der Waals surface area contributed by atoms with Gasteiger partial charge in [0, 0.05) is 23.2 Å². The highest BCUT2D eigenvalue weighted by Gasteiger charge is 2.13. The summed E-state index contributed by atoms with van der Waals surface area (Å²) in [5.74, 6) is 6.83. The number of nitrogens with zero attached hydrogens (tertiary/aromatic N) is 1. The molecule has 2 heterocycles. The number of fused-ring (bicyclic) bond motifs is 2. The van der Waals surface area contributed by atoms with Gasteiger partial charge in [-0.15, -0.1) is 11.3 Å². The van der Waals surface area contributed by atoms with Gasteiger partial charge in [0.2, 0.25) is 0 Å². The Bertz CT molecular complexity index is 1090. The van der Waals surface area contributed by atoms with Crippen LogP contribution in [0.1, 0.15) is 0 Å². The Kier molecular flexibility index (Phi) is 5.61. The summed E-state index contributed by atoms with van der Waals surface area (Å²) < 4.78 is 12.9. The summed E-state index contributed by atoms with van der Waals surface area (Å²) in [6, 6.07) is 11.1. The lowest BCUT2D eigenvalue weighted by Crippen LogP contribution is -2.36. The maximum Gasteiger partial charge on any atom is 0.197 e. The molecule has 0 atom stereocenters. The fraction of sp³-hybridized carbons (Fsp3) is 0.286. The van der Waals surface area contributed by atoms with Crippen LogP contribution in [0.4, 0.5) is 0 Å². The summed E-state index contributed by atoms with van der Waals surface area (Å²) in [5.41, 5.74) is -0.0619. The van der Waals surface area contributed by atoms with Crippen LogP contribution in [0.25, 0.3) is 20.2 Å². The Morgan fingerprint density at radius 1 is 1.15 bits per heavy atom. The van der Waals surface area contributed by atoms with Crippen LogP contribution in [0.3, 0.4) is 0 Å². The molecular weight excluding hydrogens is 382 g/mol. The molecule has 138 valence electrons. The molecule has 2 aromatic carbocycles. The molecule has 0 saturated carbocycles. The zero-order valence-corrected chi connectivity index (χ0v) is 16.2. The van der Waals surface area contributed by atoms with Crippen LogP contribution in [-0.2, 0) is 4.74 Å². The molecule has 0 bridgehead atoms. The standard InChI is InChI=1S/C21H18ClNO3S/c22-16-7-8-17(26-12-4-3-9-23-10-13-25-14-11-23)21-19(16)20(24)15-5-1-2-6-18(15)27-21/h1-2,5-8H,9-14H2.